The zero-order chi connectivity index (χ0) is 13.1. The van der Waals surface area contributed by atoms with Gasteiger partial charge in [-0.3, -0.25) is 0 Å². The topological polar surface area (TPSA) is 40.7 Å². The minimum atomic E-state index is 1.00. The third kappa shape index (κ3) is 2.45. The maximum Gasteiger partial charge on any atom is 0.0928 e. The quantitative estimate of drug-likeness (QED) is 0.746. The summed E-state index contributed by atoms with van der Waals surface area (Å²) in [5, 5.41) is 3.13. The van der Waals surface area contributed by atoms with Gasteiger partial charge in [0.2, 0.25) is 0 Å². The number of aromatic amines is 1. The van der Waals surface area contributed by atoms with E-state index in [9.17, 15) is 0 Å². The number of benzene rings is 1. The molecule has 96 valence electrons. The fraction of sp³-hybridized carbons (Fsp3) is 0.188. The molecule has 19 heavy (non-hydrogen) atoms. The number of aromatic nitrogens is 2. The Morgan fingerprint density at radius 1 is 1.05 bits per heavy atom. The van der Waals surface area contributed by atoms with Crippen molar-refractivity contribution < 1.29 is 0 Å². The van der Waals surface area contributed by atoms with Crippen LogP contribution in [0.4, 0.5) is 5.69 Å². The molecule has 0 fully saturated rings. The summed E-state index contributed by atoms with van der Waals surface area (Å²) in [6.07, 6.45) is 3.81. The van der Waals surface area contributed by atoms with E-state index in [1.54, 1.807) is 6.33 Å². The summed E-state index contributed by atoms with van der Waals surface area (Å²) in [7, 11) is 1.94. The van der Waals surface area contributed by atoms with Gasteiger partial charge in [-0.25, -0.2) is 4.98 Å². The molecule has 1 aliphatic carbocycles. The van der Waals surface area contributed by atoms with Crippen molar-refractivity contribution in [2.45, 2.75) is 12.8 Å². The van der Waals surface area contributed by atoms with Crippen molar-refractivity contribution in [3.8, 4) is 11.3 Å². The molecule has 0 saturated carbocycles. The van der Waals surface area contributed by atoms with E-state index in [2.05, 4.69) is 51.7 Å². The van der Waals surface area contributed by atoms with E-state index in [4.69, 9.17) is 0 Å². The largest absolute Gasteiger partial charge is 0.388 e. The number of H-pyrrole nitrogens is 1. The van der Waals surface area contributed by atoms with Crippen LogP contribution in [0.25, 0.3) is 11.3 Å². The van der Waals surface area contributed by atoms with Gasteiger partial charge in [-0.2, -0.15) is 0 Å². The highest BCUT2D eigenvalue weighted by molar-refractivity contribution is 5.64. The number of hydrogen-bond donors (Lipinski definition) is 2. The van der Waals surface area contributed by atoms with Crippen molar-refractivity contribution in [1.29, 1.82) is 0 Å². The highest BCUT2D eigenvalue weighted by Gasteiger charge is 2.08. The molecule has 0 aromatic heterocycles. The van der Waals surface area contributed by atoms with E-state index in [1.807, 2.05) is 13.1 Å². The van der Waals surface area contributed by atoms with Crippen LogP contribution in [0, 0.1) is 0 Å². The van der Waals surface area contributed by atoms with Gasteiger partial charge in [0.25, 0.3) is 0 Å². The molecule has 1 aromatic carbocycles. The summed E-state index contributed by atoms with van der Waals surface area (Å²) in [5.74, 6) is 0. The Balaban J connectivity index is 1.73. The monoisotopic (exact) mass is 251 g/mol. The van der Waals surface area contributed by atoms with Gasteiger partial charge < -0.3 is 10.3 Å². The second-order valence-electron chi connectivity index (χ2n) is 4.65. The highest BCUT2D eigenvalue weighted by atomic mass is 14.8. The molecule has 1 heterocycles. The van der Waals surface area contributed by atoms with Crippen molar-refractivity contribution in [2.75, 3.05) is 12.4 Å². The molecule has 0 radical (unpaired) electrons. The van der Waals surface area contributed by atoms with Crippen molar-refractivity contribution in [3.63, 3.8) is 0 Å². The van der Waals surface area contributed by atoms with Crippen LogP contribution in [-0.2, 0) is 12.8 Å². The number of hydrogen-bond acceptors (Lipinski definition) is 2. The van der Waals surface area contributed by atoms with Crippen LogP contribution in [0.3, 0.4) is 0 Å². The van der Waals surface area contributed by atoms with Crippen molar-refractivity contribution in [3.05, 3.63) is 60.0 Å². The molecule has 0 bridgehead atoms. The highest BCUT2D eigenvalue weighted by Crippen LogP contribution is 2.23. The first-order valence-electron chi connectivity index (χ1n) is 6.54. The number of nitrogens with zero attached hydrogens (tertiary/aromatic N) is 1. The van der Waals surface area contributed by atoms with Crippen LogP contribution < -0.4 is 5.32 Å². The minimum absolute atomic E-state index is 1.00. The molecule has 3 nitrogen and oxygen atoms in total. The smallest absolute Gasteiger partial charge is 0.0928 e. The maximum atomic E-state index is 4.32. The van der Waals surface area contributed by atoms with E-state index in [-0.39, 0.29) is 0 Å². The van der Waals surface area contributed by atoms with Crippen LogP contribution in [0.2, 0.25) is 0 Å². The summed E-state index contributed by atoms with van der Waals surface area (Å²) in [5.41, 5.74) is 6.06. The lowest BCUT2D eigenvalue weighted by molar-refractivity contribution is 0.904. The number of aryl methyl sites for hydroxylation is 2. The van der Waals surface area contributed by atoms with E-state index >= 15 is 0 Å². The average molecular weight is 251 g/mol. The van der Waals surface area contributed by atoms with E-state index in [0.29, 0.717) is 0 Å². The zero-order valence-corrected chi connectivity index (χ0v) is 11.0. The van der Waals surface area contributed by atoms with Crippen LogP contribution in [0.15, 0.2) is 48.8 Å². The third-order valence-electron chi connectivity index (χ3n) is 3.47. The Labute approximate surface area is 113 Å². The van der Waals surface area contributed by atoms with Gasteiger partial charge in [-0.15, -0.1) is 0 Å². The molecule has 0 amide bonds. The number of nitrogens with one attached hydrogen (secondary N) is 2. The first-order chi connectivity index (χ1) is 9.36. The van der Waals surface area contributed by atoms with Gasteiger partial charge in [0.15, 0.2) is 0 Å². The van der Waals surface area contributed by atoms with Gasteiger partial charge in [-0.05, 0) is 36.6 Å². The van der Waals surface area contributed by atoms with Crippen LogP contribution >= 0.6 is 0 Å². The molecule has 3 heteroatoms. The molecule has 2 aliphatic rings. The van der Waals surface area contributed by atoms with Gasteiger partial charge in [0, 0.05) is 24.0 Å². The summed E-state index contributed by atoms with van der Waals surface area (Å²) >= 11 is 0. The van der Waals surface area contributed by atoms with Crippen molar-refractivity contribution in [1.82, 2.24) is 9.97 Å². The summed E-state index contributed by atoms with van der Waals surface area (Å²) < 4.78 is 0. The molecule has 1 aliphatic heterocycles. The summed E-state index contributed by atoms with van der Waals surface area (Å²) in [6, 6.07) is 14.8. The van der Waals surface area contributed by atoms with Crippen LogP contribution in [0.1, 0.15) is 11.3 Å². The summed E-state index contributed by atoms with van der Waals surface area (Å²) in [4.78, 5) is 7.58. The van der Waals surface area contributed by atoms with Crippen molar-refractivity contribution >= 4 is 5.69 Å². The summed E-state index contributed by atoms with van der Waals surface area (Å²) in [6.45, 7) is 0. The third-order valence-corrected chi connectivity index (χ3v) is 3.47. The van der Waals surface area contributed by atoms with Crippen LogP contribution in [-0.4, -0.2) is 17.0 Å². The predicted molar refractivity (Wildman–Crippen MR) is 78.6 cm³/mol. The lowest BCUT2D eigenvalue weighted by Crippen LogP contribution is -1.99. The average Bonchev–Trinajstić information content (AvgIpc) is 2.94. The lowest BCUT2D eigenvalue weighted by atomic mass is 10.0. The van der Waals surface area contributed by atoms with E-state index < -0.39 is 0 Å². The Morgan fingerprint density at radius 3 is 2.68 bits per heavy atom. The SMILES string of the molecule is CNc1ccc(CCc2[nH]cnc3cccc2-3)cc1. The first kappa shape index (κ1) is 11.8. The lowest BCUT2D eigenvalue weighted by Gasteiger charge is -2.08. The maximum absolute atomic E-state index is 4.32. The van der Waals surface area contributed by atoms with Gasteiger partial charge in [-0.1, -0.05) is 24.3 Å². The number of fused-ring (bicyclic) bond motifs is 1. The minimum Gasteiger partial charge on any atom is -0.388 e. The van der Waals surface area contributed by atoms with Gasteiger partial charge >= 0.3 is 0 Å². The number of anilines is 1. The molecule has 3 rings (SSSR count). The molecular formula is C16H17N3. The standard InChI is InChI=1S/C16H17N3/c1-17-13-8-5-12(6-9-13)7-10-16-14-3-2-4-15(14)18-11-19-16/h2-6,8-9,11,17H,7,10H2,1H3,(H,18,19). The van der Waals surface area contributed by atoms with Crippen molar-refractivity contribution in [2.24, 2.45) is 0 Å². The molecule has 0 saturated heterocycles. The molecule has 2 N–H and O–H groups in total. The van der Waals surface area contributed by atoms with Crippen LogP contribution in [0.5, 0.6) is 0 Å². The molecular weight excluding hydrogens is 234 g/mol. The second kappa shape index (κ2) is 5.14. The predicted octanol–water partition coefficient (Wildman–Crippen LogP) is 3.34. The van der Waals surface area contributed by atoms with Gasteiger partial charge in [0.05, 0.1) is 12.0 Å². The molecule has 0 atom stereocenters. The Kier molecular flexibility index (Phi) is 3.19. The second-order valence-corrected chi connectivity index (χ2v) is 4.65. The molecule has 0 spiro atoms. The fourth-order valence-corrected chi connectivity index (χ4v) is 2.35. The first-order valence-corrected chi connectivity index (χ1v) is 6.54. The zero-order valence-electron chi connectivity index (χ0n) is 11.0. The van der Waals surface area contributed by atoms with Gasteiger partial charge in [0.1, 0.15) is 0 Å². The Morgan fingerprint density at radius 2 is 1.89 bits per heavy atom. The molecule has 1 aromatic rings. The van der Waals surface area contributed by atoms with E-state index in [0.717, 1.165) is 24.2 Å². The number of rotatable bonds is 4. The normalized spacial score (nSPS) is 10.8. The molecule has 0 unspecified atom stereocenters. The fourth-order valence-electron chi connectivity index (χ4n) is 2.35. The van der Waals surface area contributed by atoms with E-state index in [1.165, 1.54) is 16.8 Å². The Bertz CT molecular complexity index is 625. The Hall–Kier alpha value is -2.29.